The molecule has 2 aromatic heterocycles. The fourth-order valence-electron chi connectivity index (χ4n) is 4.68. The van der Waals surface area contributed by atoms with Crippen LogP contribution in [0.4, 0.5) is 11.5 Å². The summed E-state index contributed by atoms with van der Waals surface area (Å²) in [7, 11) is 0. The number of carbonyl (C=O) groups excluding carboxylic acids is 3. The first-order valence-electron chi connectivity index (χ1n) is 12.4. The number of thiophene rings is 1. The van der Waals surface area contributed by atoms with Crippen LogP contribution < -0.4 is 10.6 Å². The van der Waals surface area contributed by atoms with Crippen molar-refractivity contribution in [3.05, 3.63) is 28.2 Å². The van der Waals surface area contributed by atoms with E-state index < -0.39 is 5.97 Å². The second-order valence-corrected chi connectivity index (χ2v) is 11.5. The van der Waals surface area contributed by atoms with E-state index in [2.05, 4.69) is 29.6 Å². The average molecular weight is 520 g/mol. The standard InChI is InChI=1S/C25H34N4O6S/c1-17-16-36-23(24(32)35-18-4-11-33-12-5-18)22(17)27-21(31)15-29(9-7-25(2,3)8-10-29)14-20(30)26-19-6-13-34-28-19/h6,13,16,18H,4-5,7-12,14-15H2,1-3H3,(H-,26,27,28,30,31,32)/p+1. The van der Waals surface area contributed by atoms with Crippen LogP contribution in [0.2, 0.25) is 0 Å². The Labute approximate surface area is 214 Å². The number of nitrogens with one attached hydrogen (secondary N) is 2. The van der Waals surface area contributed by atoms with Crippen LogP contribution in [0.3, 0.4) is 0 Å². The number of nitrogens with zero attached hydrogens (tertiary/aromatic N) is 2. The summed E-state index contributed by atoms with van der Waals surface area (Å²) in [5, 5.41) is 11.3. The minimum Gasteiger partial charge on any atom is -0.458 e. The zero-order chi connectivity index (χ0) is 25.8. The van der Waals surface area contributed by atoms with Gasteiger partial charge in [-0.3, -0.25) is 9.59 Å². The van der Waals surface area contributed by atoms with Gasteiger partial charge in [0.2, 0.25) is 0 Å². The summed E-state index contributed by atoms with van der Waals surface area (Å²) >= 11 is 1.27. The highest BCUT2D eigenvalue weighted by Gasteiger charge is 2.41. The van der Waals surface area contributed by atoms with Gasteiger partial charge in [0.25, 0.3) is 11.8 Å². The van der Waals surface area contributed by atoms with Crippen LogP contribution in [0.1, 0.15) is 54.8 Å². The number of rotatable bonds is 8. The summed E-state index contributed by atoms with van der Waals surface area (Å²) < 4.78 is 16.1. The SMILES string of the molecule is Cc1csc(C(=O)OC2CCOCC2)c1NC(=O)C[N+]1(CC(=O)Nc2ccon2)CCC(C)(C)CC1. The minimum absolute atomic E-state index is 0.131. The molecule has 196 valence electrons. The highest BCUT2D eigenvalue weighted by atomic mass is 32.1. The third-order valence-electron chi connectivity index (χ3n) is 7.06. The predicted octanol–water partition coefficient (Wildman–Crippen LogP) is 3.59. The number of aryl methyl sites for hydroxylation is 1. The summed E-state index contributed by atoms with van der Waals surface area (Å²) in [6.45, 7) is 9.11. The van der Waals surface area contributed by atoms with Crippen molar-refractivity contribution in [2.75, 3.05) is 50.0 Å². The largest absolute Gasteiger partial charge is 0.458 e. The molecule has 0 spiro atoms. The number of quaternary nitrogens is 1. The van der Waals surface area contributed by atoms with Gasteiger partial charge in [-0.05, 0) is 23.3 Å². The molecule has 0 radical (unpaired) electrons. The molecule has 36 heavy (non-hydrogen) atoms. The monoisotopic (exact) mass is 519 g/mol. The normalized spacial score (nSPS) is 19.4. The van der Waals surface area contributed by atoms with Crippen LogP contribution in [0, 0.1) is 12.3 Å². The number of hydrogen-bond acceptors (Lipinski definition) is 8. The predicted molar refractivity (Wildman–Crippen MR) is 135 cm³/mol. The Kier molecular flexibility index (Phi) is 8.11. The van der Waals surface area contributed by atoms with Crippen LogP contribution in [-0.4, -0.2) is 72.9 Å². The lowest BCUT2D eigenvalue weighted by molar-refractivity contribution is -0.919. The number of esters is 1. The van der Waals surface area contributed by atoms with Gasteiger partial charge < -0.3 is 29.1 Å². The molecule has 4 heterocycles. The smallest absolute Gasteiger partial charge is 0.350 e. The molecule has 2 amide bonds. The number of carbonyl (C=O) groups is 3. The third kappa shape index (κ3) is 6.71. The number of ether oxygens (including phenoxy) is 2. The summed E-state index contributed by atoms with van der Waals surface area (Å²) in [5.74, 6) is -0.526. The highest BCUT2D eigenvalue weighted by molar-refractivity contribution is 7.12. The second kappa shape index (κ2) is 11.1. The van der Waals surface area contributed by atoms with Crippen LogP contribution >= 0.6 is 11.3 Å². The van der Waals surface area contributed by atoms with E-state index in [0.717, 1.165) is 18.4 Å². The van der Waals surface area contributed by atoms with E-state index >= 15 is 0 Å². The Balaban J connectivity index is 1.44. The number of piperidine rings is 1. The fraction of sp³-hybridized carbons (Fsp3) is 0.600. The van der Waals surface area contributed by atoms with Crippen molar-refractivity contribution >= 4 is 40.6 Å². The van der Waals surface area contributed by atoms with Crippen molar-refractivity contribution in [3.63, 3.8) is 0 Å². The molecule has 0 aromatic carbocycles. The number of hydrogen-bond donors (Lipinski definition) is 2. The van der Waals surface area contributed by atoms with Gasteiger partial charge in [0.1, 0.15) is 17.2 Å². The molecule has 11 heteroatoms. The Morgan fingerprint density at radius 3 is 2.44 bits per heavy atom. The Morgan fingerprint density at radius 2 is 1.81 bits per heavy atom. The van der Waals surface area contributed by atoms with E-state index in [9.17, 15) is 14.4 Å². The maximum Gasteiger partial charge on any atom is 0.350 e. The topological polar surface area (TPSA) is 120 Å². The number of anilines is 2. The van der Waals surface area contributed by atoms with E-state index in [0.29, 0.717) is 60.0 Å². The quantitative estimate of drug-likeness (QED) is 0.404. The van der Waals surface area contributed by atoms with Gasteiger partial charge in [0, 0.05) is 31.7 Å². The van der Waals surface area contributed by atoms with Crippen molar-refractivity contribution in [1.29, 1.82) is 0 Å². The Hall–Kier alpha value is -2.76. The van der Waals surface area contributed by atoms with Crippen molar-refractivity contribution in [3.8, 4) is 0 Å². The highest BCUT2D eigenvalue weighted by Crippen LogP contribution is 2.34. The van der Waals surface area contributed by atoms with Crippen LogP contribution in [0.5, 0.6) is 0 Å². The van der Waals surface area contributed by atoms with Crippen molar-refractivity contribution in [2.24, 2.45) is 5.41 Å². The zero-order valence-electron chi connectivity index (χ0n) is 21.1. The molecular weight excluding hydrogens is 484 g/mol. The lowest BCUT2D eigenvalue weighted by Crippen LogP contribution is -2.60. The molecule has 0 aliphatic carbocycles. The van der Waals surface area contributed by atoms with Gasteiger partial charge in [0.05, 0.1) is 32.0 Å². The van der Waals surface area contributed by atoms with Crippen LogP contribution in [0.15, 0.2) is 22.2 Å². The zero-order valence-corrected chi connectivity index (χ0v) is 21.9. The molecule has 10 nitrogen and oxygen atoms in total. The van der Waals surface area contributed by atoms with Gasteiger partial charge in [0.15, 0.2) is 18.9 Å². The molecule has 4 rings (SSSR count). The maximum atomic E-state index is 13.3. The van der Waals surface area contributed by atoms with E-state index in [1.807, 2.05) is 12.3 Å². The van der Waals surface area contributed by atoms with Gasteiger partial charge in [-0.25, -0.2) is 4.79 Å². The first-order chi connectivity index (χ1) is 17.1. The van der Waals surface area contributed by atoms with Gasteiger partial charge in [-0.2, -0.15) is 0 Å². The first-order valence-corrected chi connectivity index (χ1v) is 13.2. The van der Waals surface area contributed by atoms with E-state index in [4.69, 9.17) is 14.0 Å². The van der Waals surface area contributed by atoms with Crippen molar-refractivity contribution in [1.82, 2.24) is 5.16 Å². The molecule has 2 saturated heterocycles. The second-order valence-electron chi connectivity index (χ2n) is 10.6. The summed E-state index contributed by atoms with van der Waals surface area (Å²) in [6, 6.07) is 1.58. The van der Waals surface area contributed by atoms with Crippen LogP contribution in [0.25, 0.3) is 0 Å². The fourth-order valence-corrected chi connectivity index (χ4v) is 5.57. The number of likely N-dealkylation sites (tertiary alicyclic amines) is 1. The lowest BCUT2D eigenvalue weighted by atomic mass is 9.81. The van der Waals surface area contributed by atoms with E-state index in [1.165, 1.54) is 17.6 Å². The number of aromatic nitrogens is 1. The maximum absolute atomic E-state index is 13.3. The molecule has 0 unspecified atom stereocenters. The van der Waals surface area contributed by atoms with Gasteiger partial charge >= 0.3 is 5.97 Å². The summed E-state index contributed by atoms with van der Waals surface area (Å²) in [6.07, 6.45) is 4.36. The summed E-state index contributed by atoms with van der Waals surface area (Å²) in [5.41, 5.74) is 1.46. The summed E-state index contributed by atoms with van der Waals surface area (Å²) in [4.78, 5) is 39.4. The lowest BCUT2D eigenvalue weighted by Gasteiger charge is -2.45. The molecule has 2 aliphatic rings. The number of amides is 2. The van der Waals surface area contributed by atoms with Gasteiger partial charge in [-0.1, -0.05) is 19.0 Å². The third-order valence-corrected chi connectivity index (χ3v) is 8.13. The van der Waals surface area contributed by atoms with Crippen molar-refractivity contribution < 1.29 is 32.9 Å². The van der Waals surface area contributed by atoms with Gasteiger partial charge in [-0.15, -0.1) is 11.3 Å². The molecule has 2 aromatic rings. The van der Waals surface area contributed by atoms with Crippen LogP contribution in [-0.2, 0) is 19.1 Å². The molecule has 2 fully saturated rings. The molecule has 2 aliphatic heterocycles. The Bertz CT molecular complexity index is 1060. The molecule has 2 N–H and O–H groups in total. The minimum atomic E-state index is -0.425. The van der Waals surface area contributed by atoms with Crippen molar-refractivity contribution in [2.45, 2.75) is 52.6 Å². The molecule has 0 saturated carbocycles. The average Bonchev–Trinajstić information content (AvgIpc) is 3.46. The molecular formula is C25H35N4O6S+. The first kappa shape index (κ1) is 26.3. The van der Waals surface area contributed by atoms with E-state index in [-0.39, 0.29) is 36.4 Å². The molecule has 0 bridgehead atoms. The Morgan fingerprint density at radius 1 is 1.14 bits per heavy atom. The molecule has 0 atom stereocenters. The van der Waals surface area contributed by atoms with E-state index in [1.54, 1.807) is 6.07 Å².